The van der Waals surface area contributed by atoms with Crippen LogP contribution < -0.4 is 20.9 Å². The first-order valence-electron chi connectivity index (χ1n) is 10.2. The minimum absolute atomic E-state index is 0.282. The molecule has 32 heavy (non-hydrogen) atoms. The predicted molar refractivity (Wildman–Crippen MR) is 117 cm³/mol. The van der Waals surface area contributed by atoms with Crippen LogP contribution in [0.2, 0.25) is 0 Å². The zero-order valence-electron chi connectivity index (χ0n) is 18.2. The Kier molecular flexibility index (Phi) is 9.22. The van der Waals surface area contributed by atoms with Gasteiger partial charge in [0.05, 0.1) is 6.61 Å². The summed E-state index contributed by atoms with van der Waals surface area (Å²) in [6, 6.07) is 13.8. The number of hydrogen-bond acceptors (Lipinski definition) is 6. The molecule has 0 saturated heterocycles. The van der Waals surface area contributed by atoms with Crippen LogP contribution in [0.3, 0.4) is 0 Å². The summed E-state index contributed by atoms with van der Waals surface area (Å²) in [5.41, 5.74) is 5.12. The number of esters is 1. The lowest BCUT2D eigenvalue weighted by atomic mass is 10.0. The van der Waals surface area contributed by atoms with Gasteiger partial charge in [0.1, 0.15) is 11.8 Å². The largest absolute Gasteiger partial charge is 0.494 e. The van der Waals surface area contributed by atoms with Gasteiger partial charge in [-0.25, -0.2) is 4.79 Å². The van der Waals surface area contributed by atoms with E-state index in [4.69, 9.17) is 9.47 Å². The number of benzene rings is 2. The molecule has 0 aliphatic heterocycles. The first-order chi connectivity index (χ1) is 15.3. The van der Waals surface area contributed by atoms with Gasteiger partial charge in [0, 0.05) is 11.1 Å². The van der Waals surface area contributed by atoms with E-state index in [0.717, 1.165) is 0 Å². The van der Waals surface area contributed by atoms with Crippen LogP contribution in [0.1, 0.15) is 41.5 Å². The van der Waals surface area contributed by atoms with Crippen LogP contribution in [0.25, 0.3) is 0 Å². The quantitative estimate of drug-likeness (QED) is 0.403. The van der Waals surface area contributed by atoms with E-state index >= 15 is 0 Å². The van der Waals surface area contributed by atoms with E-state index in [1.165, 1.54) is 0 Å². The summed E-state index contributed by atoms with van der Waals surface area (Å²) >= 11 is 0. The normalized spacial score (nSPS) is 11.2. The highest BCUT2D eigenvalue weighted by molar-refractivity contribution is 5.97. The molecule has 0 aromatic heterocycles. The molecule has 0 heterocycles. The molecular formula is C23H27N3O6. The van der Waals surface area contributed by atoms with Crippen molar-refractivity contribution in [2.45, 2.75) is 26.8 Å². The molecule has 0 bridgehead atoms. The summed E-state index contributed by atoms with van der Waals surface area (Å²) in [5.74, 6) is -2.09. The van der Waals surface area contributed by atoms with Crippen LogP contribution in [-0.4, -0.2) is 42.9 Å². The van der Waals surface area contributed by atoms with Gasteiger partial charge in [-0.2, -0.15) is 0 Å². The highest BCUT2D eigenvalue weighted by atomic mass is 16.5. The standard InChI is InChI=1S/C23H27N3O6/c1-4-31-18-12-10-17(11-13-18)21(28)24-20(15(2)3)23(30)32-14-19(27)25-26-22(29)16-8-6-5-7-9-16/h5-13,15,20H,4,14H2,1-3H3,(H,24,28)(H,25,27)(H,26,29). The third-order valence-corrected chi connectivity index (χ3v) is 4.33. The van der Waals surface area contributed by atoms with Crippen LogP contribution in [-0.2, 0) is 14.3 Å². The molecule has 0 saturated carbocycles. The molecule has 0 aliphatic rings. The summed E-state index contributed by atoms with van der Waals surface area (Å²) < 4.78 is 10.4. The Bertz CT molecular complexity index is 929. The Morgan fingerprint density at radius 2 is 1.47 bits per heavy atom. The van der Waals surface area contributed by atoms with Crippen molar-refractivity contribution in [3.05, 3.63) is 65.7 Å². The molecule has 0 spiro atoms. The van der Waals surface area contributed by atoms with Gasteiger partial charge in [-0.3, -0.25) is 25.2 Å². The van der Waals surface area contributed by atoms with Crippen molar-refractivity contribution in [1.29, 1.82) is 0 Å². The molecule has 3 N–H and O–H groups in total. The first-order valence-corrected chi connectivity index (χ1v) is 10.2. The number of hydrazine groups is 1. The number of carbonyl (C=O) groups is 4. The van der Waals surface area contributed by atoms with E-state index < -0.39 is 36.3 Å². The fourth-order valence-corrected chi connectivity index (χ4v) is 2.64. The van der Waals surface area contributed by atoms with Crippen LogP contribution >= 0.6 is 0 Å². The van der Waals surface area contributed by atoms with Crippen molar-refractivity contribution >= 4 is 23.7 Å². The van der Waals surface area contributed by atoms with Crippen LogP contribution in [0.5, 0.6) is 5.75 Å². The molecule has 0 fully saturated rings. The van der Waals surface area contributed by atoms with Crippen molar-refractivity contribution in [3.8, 4) is 5.75 Å². The van der Waals surface area contributed by atoms with Crippen molar-refractivity contribution in [1.82, 2.24) is 16.2 Å². The monoisotopic (exact) mass is 441 g/mol. The van der Waals surface area contributed by atoms with Crippen LogP contribution in [0.15, 0.2) is 54.6 Å². The average Bonchev–Trinajstić information content (AvgIpc) is 2.80. The van der Waals surface area contributed by atoms with Gasteiger partial charge in [-0.05, 0) is 49.2 Å². The summed E-state index contributed by atoms with van der Waals surface area (Å²) in [6.45, 7) is 5.23. The summed E-state index contributed by atoms with van der Waals surface area (Å²) in [4.78, 5) is 48.7. The van der Waals surface area contributed by atoms with Crippen LogP contribution in [0, 0.1) is 5.92 Å². The van der Waals surface area contributed by atoms with E-state index in [1.54, 1.807) is 68.4 Å². The highest BCUT2D eigenvalue weighted by Gasteiger charge is 2.27. The van der Waals surface area contributed by atoms with E-state index in [9.17, 15) is 19.2 Å². The molecule has 0 aliphatic carbocycles. The Balaban J connectivity index is 1.84. The summed E-state index contributed by atoms with van der Waals surface area (Å²) in [6.07, 6.45) is 0. The number of hydrogen-bond donors (Lipinski definition) is 3. The molecule has 1 unspecified atom stereocenters. The van der Waals surface area contributed by atoms with Crippen molar-refractivity contribution in [2.24, 2.45) is 5.92 Å². The minimum atomic E-state index is -0.958. The molecule has 0 radical (unpaired) electrons. The molecule has 9 heteroatoms. The number of nitrogens with one attached hydrogen (secondary N) is 3. The molecule has 9 nitrogen and oxygen atoms in total. The third kappa shape index (κ3) is 7.42. The SMILES string of the molecule is CCOc1ccc(C(=O)NC(C(=O)OCC(=O)NNC(=O)c2ccccc2)C(C)C)cc1. The second-order valence-electron chi connectivity index (χ2n) is 7.13. The van der Waals surface area contributed by atoms with Gasteiger partial charge < -0.3 is 14.8 Å². The number of amides is 3. The zero-order valence-corrected chi connectivity index (χ0v) is 18.2. The fourth-order valence-electron chi connectivity index (χ4n) is 2.64. The van der Waals surface area contributed by atoms with Gasteiger partial charge >= 0.3 is 5.97 Å². The van der Waals surface area contributed by atoms with Gasteiger partial charge in [0.15, 0.2) is 6.61 Å². The smallest absolute Gasteiger partial charge is 0.329 e. The lowest BCUT2D eigenvalue weighted by Gasteiger charge is -2.21. The van der Waals surface area contributed by atoms with Crippen molar-refractivity contribution in [2.75, 3.05) is 13.2 Å². The van der Waals surface area contributed by atoms with E-state index in [2.05, 4.69) is 16.2 Å². The highest BCUT2D eigenvalue weighted by Crippen LogP contribution is 2.13. The molecule has 3 amide bonds. The Morgan fingerprint density at radius 3 is 2.06 bits per heavy atom. The molecule has 170 valence electrons. The van der Waals surface area contributed by atoms with E-state index in [0.29, 0.717) is 23.5 Å². The summed E-state index contributed by atoms with van der Waals surface area (Å²) in [7, 11) is 0. The topological polar surface area (TPSA) is 123 Å². The first kappa shape index (κ1) is 24.4. The summed E-state index contributed by atoms with van der Waals surface area (Å²) in [5, 5.41) is 2.62. The van der Waals surface area contributed by atoms with E-state index in [-0.39, 0.29) is 5.92 Å². The number of rotatable bonds is 9. The Labute approximate surface area is 186 Å². The molecule has 1 atom stereocenters. The molecule has 2 rings (SSSR count). The Morgan fingerprint density at radius 1 is 0.844 bits per heavy atom. The molecule has 2 aromatic carbocycles. The Hall–Kier alpha value is -3.88. The third-order valence-electron chi connectivity index (χ3n) is 4.33. The average molecular weight is 441 g/mol. The fraction of sp³-hybridized carbons (Fsp3) is 0.304. The zero-order chi connectivity index (χ0) is 23.5. The number of carbonyl (C=O) groups excluding carboxylic acids is 4. The van der Waals surface area contributed by atoms with Crippen molar-refractivity contribution < 1.29 is 28.7 Å². The van der Waals surface area contributed by atoms with Gasteiger partial charge in [-0.1, -0.05) is 32.0 Å². The lowest BCUT2D eigenvalue weighted by molar-refractivity contribution is -0.151. The lowest BCUT2D eigenvalue weighted by Crippen LogP contribution is -2.47. The van der Waals surface area contributed by atoms with Gasteiger partial charge in [0.2, 0.25) is 0 Å². The molecule has 2 aromatic rings. The second-order valence-corrected chi connectivity index (χ2v) is 7.13. The maximum atomic E-state index is 12.5. The minimum Gasteiger partial charge on any atom is -0.494 e. The maximum absolute atomic E-state index is 12.5. The predicted octanol–water partition coefficient (Wildman–Crippen LogP) is 1.84. The van der Waals surface area contributed by atoms with Crippen LogP contribution in [0.4, 0.5) is 0 Å². The number of ether oxygens (including phenoxy) is 2. The van der Waals surface area contributed by atoms with E-state index in [1.807, 2.05) is 6.92 Å². The maximum Gasteiger partial charge on any atom is 0.329 e. The van der Waals surface area contributed by atoms with Crippen molar-refractivity contribution in [3.63, 3.8) is 0 Å². The van der Waals surface area contributed by atoms with Gasteiger partial charge in [-0.15, -0.1) is 0 Å². The molecular weight excluding hydrogens is 414 g/mol. The second kappa shape index (κ2) is 12.1. The van der Waals surface area contributed by atoms with Gasteiger partial charge in [0.25, 0.3) is 17.7 Å².